The van der Waals surface area contributed by atoms with Crippen LogP contribution < -0.4 is 0 Å². The number of rotatable bonds is 2. The van der Waals surface area contributed by atoms with Gasteiger partial charge in [-0.25, -0.2) is 4.79 Å². The molecule has 0 saturated carbocycles. The van der Waals surface area contributed by atoms with E-state index in [1.54, 1.807) is 0 Å². The largest absolute Gasteiger partial charge is 0.477 e. The molecule has 0 spiro atoms. The van der Waals surface area contributed by atoms with E-state index in [9.17, 15) is 4.79 Å². The third-order valence-corrected chi connectivity index (χ3v) is 1.10. The quantitative estimate of drug-likeness (QED) is 0.550. The van der Waals surface area contributed by atoms with Gasteiger partial charge >= 0.3 is 5.97 Å². The second-order valence-electron chi connectivity index (χ2n) is 1.28. The second-order valence-corrected chi connectivity index (χ2v) is 2.69. The number of carboxylic acids is 1. The Morgan fingerprint density at radius 3 is 2.00 bits per heavy atom. The minimum absolute atomic E-state index is 0.0422. The molecule has 0 unspecified atom stereocenters. The van der Waals surface area contributed by atoms with E-state index in [0.717, 1.165) is 6.08 Å². The topological polar surface area (TPSA) is 37.3 Å². The molecule has 0 aliphatic carbocycles. The molecule has 0 aromatic carbocycles. The summed E-state index contributed by atoms with van der Waals surface area (Å²) in [5, 5.41) is 7.84. The van der Waals surface area contributed by atoms with E-state index in [1.807, 2.05) is 0 Å². The summed E-state index contributed by atoms with van der Waals surface area (Å²) < 4.78 is -0.0422. The first-order valence-corrected chi connectivity index (χ1v) is 3.29. The maximum atomic E-state index is 10.00. The lowest BCUT2D eigenvalue weighted by molar-refractivity contribution is -0.131. The molecule has 0 amide bonds. The Bertz CT molecular complexity index is 191. The first kappa shape index (κ1) is 9.82. The number of allylic oxidation sites excluding steroid dienone is 2. The number of carbonyl (C=O) groups is 1. The van der Waals surface area contributed by atoms with Crippen LogP contribution in [0.2, 0.25) is 0 Å². The molecule has 0 aliphatic rings. The minimum atomic E-state index is -1.22. The van der Waals surface area contributed by atoms with Crippen LogP contribution in [0, 0.1) is 0 Å². The van der Waals surface area contributed by atoms with E-state index in [2.05, 4.69) is 0 Å². The normalized spacial score (nSPS) is 10.9. The van der Waals surface area contributed by atoms with E-state index in [1.165, 1.54) is 6.08 Å². The molecule has 0 atom stereocenters. The molecule has 0 saturated heterocycles. The van der Waals surface area contributed by atoms with Crippen molar-refractivity contribution >= 4 is 40.8 Å². The Labute approximate surface area is 72.7 Å². The average molecular weight is 201 g/mol. The number of carboxylic acid groups (broad SMARTS) is 1. The van der Waals surface area contributed by atoms with Crippen molar-refractivity contribution in [3.63, 3.8) is 0 Å². The molecule has 0 fully saturated rings. The van der Waals surface area contributed by atoms with Crippen molar-refractivity contribution in [2.24, 2.45) is 0 Å². The van der Waals surface area contributed by atoms with Crippen LogP contribution in [0.15, 0.2) is 21.7 Å². The zero-order chi connectivity index (χ0) is 8.15. The van der Waals surface area contributed by atoms with Gasteiger partial charge in [-0.05, 0) is 12.2 Å². The Hall–Kier alpha value is -0.180. The molecule has 10 heavy (non-hydrogen) atoms. The third-order valence-electron chi connectivity index (χ3n) is 0.560. The zero-order valence-corrected chi connectivity index (χ0v) is 6.91. The molecule has 5 heteroatoms. The van der Waals surface area contributed by atoms with Crippen molar-refractivity contribution in [3.05, 3.63) is 21.7 Å². The molecule has 56 valence electrons. The van der Waals surface area contributed by atoms with Crippen molar-refractivity contribution in [1.29, 1.82) is 0 Å². The summed E-state index contributed by atoms with van der Waals surface area (Å²) in [6.45, 7) is 0. The van der Waals surface area contributed by atoms with Gasteiger partial charge in [-0.3, -0.25) is 0 Å². The molecule has 0 aromatic rings. The lowest BCUT2D eigenvalue weighted by atomic mass is 10.5. The van der Waals surface area contributed by atoms with Gasteiger partial charge in [0.1, 0.15) is 9.52 Å². The third kappa shape index (κ3) is 4.68. The summed E-state index contributed by atoms with van der Waals surface area (Å²) in [5.41, 5.74) is 0. The Balaban J connectivity index is 4.19. The van der Waals surface area contributed by atoms with Crippen LogP contribution in [0.25, 0.3) is 0 Å². The van der Waals surface area contributed by atoms with Crippen molar-refractivity contribution in [3.8, 4) is 0 Å². The van der Waals surface area contributed by atoms with E-state index in [4.69, 9.17) is 39.9 Å². The fourth-order valence-electron chi connectivity index (χ4n) is 0.207. The molecule has 0 aromatic heterocycles. The number of halogens is 3. The molecule has 0 radical (unpaired) electrons. The molecule has 0 rings (SSSR count). The van der Waals surface area contributed by atoms with Gasteiger partial charge in [0, 0.05) is 0 Å². The maximum Gasteiger partial charge on any atom is 0.347 e. The number of hydrogen-bond acceptors (Lipinski definition) is 1. The maximum absolute atomic E-state index is 10.00. The van der Waals surface area contributed by atoms with Crippen LogP contribution in [-0.2, 0) is 4.79 Å². The highest BCUT2D eigenvalue weighted by molar-refractivity contribution is 6.56. The lowest BCUT2D eigenvalue weighted by Gasteiger charge is -1.84. The van der Waals surface area contributed by atoms with Gasteiger partial charge in [0.25, 0.3) is 0 Å². The number of aliphatic carboxylic acids is 1. The van der Waals surface area contributed by atoms with Gasteiger partial charge in [0.2, 0.25) is 0 Å². The fourth-order valence-corrected chi connectivity index (χ4v) is 0.396. The Morgan fingerprint density at radius 1 is 1.20 bits per heavy atom. The zero-order valence-electron chi connectivity index (χ0n) is 4.64. The first-order valence-electron chi connectivity index (χ1n) is 2.16. The van der Waals surface area contributed by atoms with Gasteiger partial charge < -0.3 is 5.11 Å². The fraction of sp³-hybridized carbons (Fsp3) is 0. The van der Waals surface area contributed by atoms with E-state index in [0.29, 0.717) is 0 Å². The molecular weight excluding hydrogens is 198 g/mol. The van der Waals surface area contributed by atoms with Crippen molar-refractivity contribution in [2.75, 3.05) is 0 Å². The van der Waals surface area contributed by atoms with Gasteiger partial charge in [0.15, 0.2) is 0 Å². The standard InChI is InChI=1S/C5H3Cl3O2/c6-3(5(9)10)1-2-4(7)8/h1-2H,(H,9,10)/b3-1-. The predicted molar refractivity (Wildman–Crippen MR) is 41.4 cm³/mol. The number of hydrogen-bond donors (Lipinski definition) is 1. The van der Waals surface area contributed by atoms with Gasteiger partial charge in [0.05, 0.1) is 0 Å². The summed E-state index contributed by atoms with van der Waals surface area (Å²) in [7, 11) is 0. The molecule has 0 aliphatic heterocycles. The summed E-state index contributed by atoms with van der Waals surface area (Å²) in [4.78, 5) is 10.00. The monoisotopic (exact) mass is 200 g/mol. The summed E-state index contributed by atoms with van der Waals surface area (Å²) in [5.74, 6) is -1.22. The van der Waals surface area contributed by atoms with Crippen molar-refractivity contribution in [2.45, 2.75) is 0 Å². The summed E-state index contributed by atoms with van der Waals surface area (Å²) >= 11 is 15.5. The predicted octanol–water partition coefficient (Wildman–Crippen LogP) is 2.51. The van der Waals surface area contributed by atoms with Gasteiger partial charge in [-0.15, -0.1) is 0 Å². The highest BCUT2D eigenvalue weighted by Crippen LogP contribution is 2.08. The van der Waals surface area contributed by atoms with Gasteiger partial charge in [-0.1, -0.05) is 34.8 Å². The Morgan fingerprint density at radius 2 is 1.70 bits per heavy atom. The van der Waals surface area contributed by atoms with E-state index < -0.39 is 5.97 Å². The van der Waals surface area contributed by atoms with Crippen LogP contribution >= 0.6 is 34.8 Å². The van der Waals surface area contributed by atoms with Gasteiger partial charge in [-0.2, -0.15) is 0 Å². The minimum Gasteiger partial charge on any atom is -0.477 e. The second kappa shape index (κ2) is 4.61. The lowest BCUT2D eigenvalue weighted by Crippen LogP contribution is -1.92. The summed E-state index contributed by atoms with van der Waals surface area (Å²) in [6, 6.07) is 0. The Kier molecular flexibility index (Phi) is 4.52. The van der Waals surface area contributed by atoms with Crippen LogP contribution in [-0.4, -0.2) is 11.1 Å². The van der Waals surface area contributed by atoms with Crippen LogP contribution in [0.4, 0.5) is 0 Å². The molecule has 0 heterocycles. The van der Waals surface area contributed by atoms with E-state index >= 15 is 0 Å². The first-order chi connectivity index (χ1) is 4.54. The molecule has 1 N–H and O–H groups in total. The van der Waals surface area contributed by atoms with Crippen molar-refractivity contribution < 1.29 is 9.90 Å². The van der Waals surface area contributed by atoms with E-state index in [-0.39, 0.29) is 9.52 Å². The molecule has 0 bridgehead atoms. The smallest absolute Gasteiger partial charge is 0.347 e. The van der Waals surface area contributed by atoms with Crippen LogP contribution in [0.1, 0.15) is 0 Å². The average Bonchev–Trinajstić information content (AvgIpc) is 1.82. The van der Waals surface area contributed by atoms with Crippen molar-refractivity contribution in [1.82, 2.24) is 0 Å². The highest BCUT2D eigenvalue weighted by Gasteiger charge is 1.99. The summed E-state index contributed by atoms with van der Waals surface area (Å²) in [6.07, 6.45) is 2.28. The molecular formula is C5H3Cl3O2. The molecule has 2 nitrogen and oxygen atoms in total. The highest BCUT2D eigenvalue weighted by atomic mass is 35.5. The van der Waals surface area contributed by atoms with Crippen LogP contribution in [0.3, 0.4) is 0 Å². The van der Waals surface area contributed by atoms with Crippen LogP contribution in [0.5, 0.6) is 0 Å². The SMILES string of the molecule is O=C(O)/C(Cl)=C/C=C(Cl)Cl.